The molecular formula is C15H23N5. The van der Waals surface area contributed by atoms with Gasteiger partial charge < -0.3 is 5.32 Å². The first-order chi connectivity index (χ1) is 9.33. The molecule has 2 heterocycles. The molecule has 0 aliphatic heterocycles. The van der Waals surface area contributed by atoms with Gasteiger partial charge >= 0.3 is 0 Å². The molecule has 0 saturated heterocycles. The van der Waals surface area contributed by atoms with E-state index in [4.69, 9.17) is 0 Å². The monoisotopic (exact) mass is 273 g/mol. The van der Waals surface area contributed by atoms with Crippen LogP contribution in [0.1, 0.15) is 43.7 Å². The number of aryl methyl sites for hydroxylation is 2. The molecule has 0 fully saturated rings. The Labute approximate surface area is 120 Å². The summed E-state index contributed by atoms with van der Waals surface area (Å²) >= 11 is 0. The smallest absolute Gasteiger partial charge is 0.147 e. The number of hydrogen-bond acceptors (Lipinski definition) is 4. The maximum absolute atomic E-state index is 4.50. The first-order valence-corrected chi connectivity index (χ1v) is 6.90. The summed E-state index contributed by atoms with van der Waals surface area (Å²) in [6.45, 7) is 11.8. The van der Waals surface area contributed by atoms with Crippen molar-refractivity contribution in [1.82, 2.24) is 25.1 Å². The second-order valence-corrected chi connectivity index (χ2v) is 6.13. The van der Waals surface area contributed by atoms with Crippen molar-refractivity contribution in [3.63, 3.8) is 0 Å². The van der Waals surface area contributed by atoms with Crippen LogP contribution in [-0.2, 0) is 13.1 Å². The Morgan fingerprint density at radius 1 is 1.20 bits per heavy atom. The van der Waals surface area contributed by atoms with Crippen molar-refractivity contribution in [2.45, 2.75) is 53.2 Å². The van der Waals surface area contributed by atoms with Gasteiger partial charge in [0.05, 0.1) is 12.2 Å². The standard InChI is InChI=1S/C15H23N5/c1-11-18-12(2)20(19-11)10-14-7-6-13(8-16-14)9-17-15(3,4)5/h6-8,17H,9-10H2,1-5H3. The Morgan fingerprint density at radius 3 is 2.45 bits per heavy atom. The Bertz CT molecular complexity index is 563. The molecule has 5 nitrogen and oxygen atoms in total. The molecule has 0 unspecified atom stereocenters. The fourth-order valence-electron chi connectivity index (χ4n) is 1.88. The summed E-state index contributed by atoms with van der Waals surface area (Å²) in [6, 6.07) is 4.16. The van der Waals surface area contributed by atoms with Crippen LogP contribution in [-0.4, -0.2) is 25.3 Å². The van der Waals surface area contributed by atoms with Crippen molar-refractivity contribution < 1.29 is 0 Å². The van der Waals surface area contributed by atoms with Gasteiger partial charge in [0.15, 0.2) is 0 Å². The topological polar surface area (TPSA) is 55.6 Å². The minimum absolute atomic E-state index is 0.119. The van der Waals surface area contributed by atoms with E-state index in [1.54, 1.807) is 0 Å². The van der Waals surface area contributed by atoms with E-state index in [1.165, 1.54) is 5.56 Å². The van der Waals surface area contributed by atoms with Gasteiger partial charge in [-0.25, -0.2) is 9.67 Å². The van der Waals surface area contributed by atoms with Crippen molar-refractivity contribution in [3.05, 3.63) is 41.2 Å². The second-order valence-electron chi connectivity index (χ2n) is 6.13. The van der Waals surface area contributed by atoms with E-state index >= 15 is 0 Å². The Morgan fingerprint density at radius 2 is 1.95 bits per heavy atom. The number of nitrogens with zero attached hydrogens (tertiary/aromatic N) is 4. The molecule has 1 N–H and O–H groups in total. The Balaban J connectivity index is 2.00. The molecule has 108 valence electrons. The lowest BCUT2D eigenvalue weighted by Crippen LogP contribution is -2.35. The lowest BCUT2D eigenvalue weighted by atomic mass is 10.1. The van der Waals surface area contributed by atoms with Crippen LogP contribution in [0.4, 0.5) is 0 Å². The van der Waals surface area contributed by atoms with Gasteiger partial charge in [-0.15, -0.1) is 0 Å². The Hall–Kier alpha value is -1.75. The summed E-state index contributed by atoms with van der Waals surface area (Å²) in [5.41, 5.74) is 2.31. The molecule has 5 heteroatoms. The van der Waals surface area contributed by atoms with Crippen LogP contribution in [0.5, 0.6) is 0 Å². The summed E-state index contributed by atoms with van der Waals surface area (Å²) in [5, 5.41) is 7.80. The molecule has 2 aromatic heterocycles. The molecule has 0 bridgehead atoms. The minimum Gasteiger partial charge on any atom is -0.308 e. The van der Waals surface area contributed by atoms with Crippen molar-refractivity contribution >= 4 is 0 Å². The fraction of sp³-hybridized carbons (Fsp3) is 0.533. The number of aromatic nitrogens is 4. The highest BCUT2D eigenvalue weighted by Gasteiger charge is 2.09. The van der Waals surface area contributed by atoms with Gasteiger partial charge in [-0.05, 0) is 46.2 Å². The Kier molecular flexibility index (Phi) is 4.18. The zero-order valence-electron chi connectivity index (χ0n) is 12.9. The molecule has 0 aliphatic carbocycles. The number of hydrogen-bond donors (Lipinski definition) is 1. The molecular weight excluding hydrogens is 250 g/mol. The van der Waals surface area contributed by atoms with E-state index in [-0.39, 0.29) is 5.54 Å². The van der Waals surface area contributed by atoms with E-state index in [0.29, 0.717) is 6.54 Å². The quantitative estimate of drug-likeness (QED) is 0.928. The van der Waals surface area contributed by atoms with Gasteiger partial charge in [0.25, 0.3) is 0 Å². The lowest BCUT2D eigenvalue weighted by molar-refractivity contribution is 0.424. The van der Waals surface area contributed by atoms with E-state index in [0.717, 1.165) is 23.9 Å². The second kappa shape index (κ2) is 5.71. The molecule has 2 aromatic rings. The summed E-state index contributed by atoms with van der Waals surface area (Å²) < 4.78 is 1.88. The van der Waals surface area contributed by atoms with E-state index in [2.05, 4.69) is 53.3 Å². The first kappa shape index (κ1) is 14.7. The highest BCUT2D eigenvalue weighted by molar-refractivity contribution is 5.14. The lowest BCUT2D eigenvalue weighted by Gasteiger charge is -2.20. The van der Waals surface area contributed by atoms with Crippen LogP contribution in [0.25, 0.3) is 0 Å². The van der Waals surface area contributed by atoms with Crippen molar-refractivity contribution in [2.75, 3.05) is 0 Å². The van der Waals surface area contributed by atoms with Gasteiger partial charge in [0.1, 0.15) is 11.6 Å². The molecule has 0 amide bonds. The van der Waals surface area contributed by atoms with Crippen LogP contribution >= 0.6 is 0 Å². The van der Waals surface area contributed by atoms with Crippen molar-refractivity contribution in [1.29, 1.82) is 0 Å². The summed E-state index contributed by atoms with van der Waals surface area (Å²) in [7, 11) is 0. The third-order valence-electron chi connectivity index (χ3n) is 2.98. The third-order valence-corrected chi connectivity index (χ3v) is 2.98. The molecule has 0 radical (unpaired) electrons. The zero-order chi connectivity index (χ0) is 14.8. The van der Waals surface area contributed by atoms with Crippen LogP contribution in [0.2, 0.25) is 0 Å². The molecule has 0 spiro atoms. The van der Waals surface area contributed by atoms with Crippen LogP contribution < -0.4 is 5.32 Å². The van der Waals surface area contributed by atoms with Crippen LogP contribution in [0.3, 0.4) is 0 Å². The largest absolute Gasteiger partial charge is 0.308 e. The van der Waals surface area contributed by atoms with Gasteiger partial charge in [0, 0.05) is 18.3 Å². The molecule has 0 saturated carbocycles. The van der Waals surface area contributed by atoms with Crippen LogP contribution in [0, 0.1) is 13.8 Å². The predicted molar refractivity (Wildman–Crippen MR) is 79.4 cm³/mol. The number of rotatable bonds is 4. The average molecular weight is 273 g/mol. The molecule has 0 aromatic carbocycles. The SMILES string of the molecule is Cc1nc(C)n(Cc2ccc(CNC(C)(C)C)cn2)n1. The third kappa shape index (κ3) is 4.13. The summed E-state index contributed by atoms with van der Waals surface area (Å²) in [5.74, 6) is 1.72. The first-order valence-electron chi connectivity index (χ1n) is 6.90. The minimum atomic E-state index is 0.119. The highest BCUT2D eigenvalue weighted by Crippen LogP contribution is 2.06. The average Bonchev–Trinajstić information content (AvgIpc) is 2.66. The molecule has 2 rings (SSSR count). The van der Waals surface area contributed by atoms with E-state index < -0.39 is 0 Å². The summed E-state index contributed by atoms with van der Waals surface area (Å²) in [4.78, 5) is 8.79. The number of nitrogens with one attached hydrogen (secondary N) is 1. The number of pyridine rings is 1. The normalized spacial score (nSPS) is 11.8. The maximum atomic E-state index is 4.50. The maximum Gasteiger partial charge on any atom is 0.147 e. The van der Waals surface area contributed by atoms with E-state index in [1.807, 2.05) is 24.7 Å². The highest BCUT2D eigenvalue weighted by atomic mass is 15.3. The van der Waals surface area contributed by atoms with E-state index in [9.17, 15) is 0 Å². The molecule has 0 aliphatic rings. The summed E-state index contributed by atoms with van der Waals surface area (Å²) in [6.07, 6.45) is 1.92. The van der Waals surface area contributed by atoms with Gasteiger partial charge in [-0.3, -0.25) is 4.98 Å². The van der Waals surface area contributed by atoms with Crippen molar-refractivity contribution in [3.8, 4) is 0 Å². The van der Waals surface area contributed by atoms with Gasteiger partial charge in [-0.1, -0.05) is 6.07 Å². The molecule has 0 atom stereocenters. The molecule has 20 heavy (non-hydrogen) atoms. The van der Waals surface area contributed by atoms with Gasteiger partial charge in [0.2, 0.25) is 0 Å². The van der Waals surface area contributed by atoms with Crippen LogP contribution in [0.15, 0.2) is 18.3 Å². The zero-order valence-corrected chi connectivity index (χ0v) is 12.9. The predicted octanol–water partition coefficient (Wildman–Crippen LogP) is 2.23. The van der Waals surface area contributed by atoms with Gasteiger partial charge in [-0.2, -0.15) is 5.10 Å². The van der Waals surface area contributed by atoms with Crippen molar-refractivity contribution in [2.24, 2.45) is 0 Å². The fourth-order valence-corrected chi connectivity index (χ4v) is 1.88.